The number of rotatable bonds is 6. The third-order valence-electron chi connectivity index (χ3n) is 3.85. The molecule has 2 N–H and O–H groups in total. The highest BCUT2D eigenvalue weighted by Crippen LogP contribution is 2.31. The van der Waals surface area contributed by atoms with Gasteiger partial charge in [0.15, 0.2) is 0 Å². The zero-order chi connectivity index (χ0) is 16.3. The van der Waals surface area contributed by atoms with E-state index in [-0.39, 0.29) is 23.7 Å². The SMILES string of the molecule is Cc1c(C(=O)NCCCC(C)(C)CO)sc2ccc(F)cc12. The van der Waals surface area contributed by atoms with Crippen molar-refractivity contribution < 1.29 is 14.3 Å². The summed E-state index contributed by atoms with van der Waals surface area (Å²) in [5.74, 6) is -0.396. The lowest BCUT2D eigenvalue weighted by Gasteiger charge is -2.21. The van der Waals surface area contributed by atoms with Crippen LogP contribution in [-0.2, 0) is 0 Å². The number of carbonyl (C=O) groups is 1. The molecule has 2 aromatic rings. The number of hydrogen-bond acceptors (Lipinski definition) is 3. The van der Waals surface area contributed by atoms with Gasteiger partial charge in [0.1, 0.15) is 5.82 Å². The summed E-state index contributed by atoms with van der Waals surface area (Å²) in [6.07, 6.45) is 1.66. The van der Waals surface area contributed by atoms with Crippen molar-refractivity contribution in [2.45, 2.75) is 33.6 Å². The zero-order valence-electron chi connectivity index (χ0n) is 13.2. The molecular formula is C17H22FNO2S. The summed E-state index contributed by atoms with van der Waals surface area (Å²) in [5, 5.41) is 12.9. The smallest absolute Gasteiger partial charge is 0.261 e. The predicted molar refractivity (Wildman–Crippen MR) is 89.0 cm³/mol. The molecule has 1 aromatic heterocycles. The molecule has 2 rings (SSSR count). The third kappa shape index (κ3) is 3.84. The van der Waals surface area contributed by atoms with E-state index in [0.29, 0.717) is 11.4 Å². The van der Waals surface area contributed by atoms with E-state index in [1.165, 1.54) is 23.5 Å². The molecule has 5 heteroatoms. The van der Waals surface area contributed by atoms with Gasteiger partial charge in [0.2, 0.25) is 0 Å². The minimum atomic E-state index is -0.286. The lowest BCUT2D eigenvalue weighted by molar-refractivity contribution is 0.0952. The molecule has 0 aliphatic rings. The standard InChI is InChI=1S/C17H22FNO2S/c1-11-13-9-12(18)5-6-14(13)22-15(11)16(21)19-8-4-7-17(2,3)10-20/h5-6,9,20H,4,7-8,10H2,1-3H3,(H,19,21). The van der Waals surface area contributed by atoms with Crippen LogP contribution >= 0.6 is 11.3 Å². The van der Waals surface area contributed by atoms with Crippen molar-refractivity contribution in [2.75, 3.05) is 13.2 Å². The number of aliphatic hydroxyl groups excluding tert-OH is 1. The Bertz CT molecular complexity index is 679. The Kier molecular flexibility index (Phi) is 5.19. The molecule has 0 bridgehead atoms. The molecule has 0 aliphatic carbocycles. The molecule has 1 amide bonds. The van der Waals surface area contributed by atoms with E-state index >= 15 is 0 Å². The van der Waals surface area contributed by atoms with Crippen molar-refractivity contribution in [2.24, 2.45) is 5.41 Å². The van der Waals surface area contributed by atoms with Gasteiger partial charge in [-0.2, -0.15) is 0 Å². The minimum Gasteiger partial charge on any atom is -0.396 e. The van der Waals surface area contributed by atoms with Crippen LogP contribution in [0.1, 0.15) is 41.9 Å². The molecule has 120 valence electrons. The molecule has 0 unspecified atom stereocenters. The summed E-state index contributed by atoms with van der Waals surface area (Å²) >= 11 is 1.39. The fourth-order valence-corrected chi connectivity index (χ4v) is 3.44. The topological polar surface area (TPSA) is 49.3 Å². The number of aryl methyl sites for hydroxylation is 1. The molecule has 22 heavy (non-hydrogen) atoms. The number of benzene rings is 1. The van der Waals surface area contributed by atoms with Crippen LogP contribution in [0, 0.1) is 18.2 Å². The quantitative estimate of drug-likeness (QED) is 0.793. The van der Waals surface area contributed by atoms with Gasteiger partial charge in [-0.15, -0.1) is 11.3 Å². The molecular weight excluding hydrogens is 301 g/mol. The van der Waals surface area contributed by atoms with Gasteiger partial charge in [-0.25, -0.2) is 4.39 Å². The summed E-state index contributed by atoms with van der Waals surface area (Å²) in [6, 6.07) is 4.60. The average Bonchev–Trinajstić information content (AvgIpc) is 2.80. The van der Waals surface area contributed by atoms with Crippen molar-refractivity contribution in [1.29, 1.82) is 0 Å². The lowest BCUT2D eigenvalue weighted by atomic mass is 9.89. The molecule has 1 heterocycles. The highest BCUT2D eigenvalue weighted by atomic mass is 32.1. The number of hydrogen-bond donors (Lipinski definition) is 2. The summed E-state index contributed by atoms with van der Waals surface area (Å²) in [7, 11) is 0. The molecule has 1 aromatic carbocycles. The normalized spacial score (nSPS) is 11.9. The number of halogens is 1. The largest absolute Gasteiger partial charge is 0.396 e. The first-order valence-electron chi connectivity index (χ1n) is 7.42. The van der Waals surface area contributed by atoms with Crippen LogP contribution in [0.5, 0.6) is 0 Å². The maximum absolute atomic E-state index is 13.3. The van der Waals surface area contributed by atoms with Crippen LogP contribution in [0.3, 0.4) is 0 Å². The minimum absolute atomic E-state index is 0.110. The highest BCUT2D eigenvalue weighted by molar-refractivity contribution is 7.21. The molecule has 3 nitrogen and oxygen atoms in total. The molecule has 0 spiro atoms. The van der Waals surface area contributed by atoms with Crippen LogP contribution in [0.15, 0.2) is 18.2 Å². The van der Waals surface area contributed by atoms with Crippen LogP contribution < -0.4 is 5.32 Å². The average molecular weight is 323 g/mol. The van der Waals surface area contributed by atoms with E-state index in [4.69, 9.17) is 0 Å². The first-order valence-corrected chi connectivity index (χ1v) is 8.23. The van der Waals surface area contributed by atoms with Gasteiger partial charge in [-0.1, -0.05) is 13.8 Å². The van der Waals surface area contributed by atoms with E-state index in [1.807, 2.05) is 20.8 Å². The second-order valence-corrected chi connectivity index (χ2v) is 7.43. The van der Waals surface area contributed by atoms with Gasteiger partial charge < -0.3 is 10.4 Å². The molecule has 0 saturated heterocycles. The monoisotopic (exact) mass is 323 g/mol. The Morgan fingerprint density at radius 2 is 2.14 bits per heavy atom. The predicted octanol–water partition coefficient (Wildman–Crippen LogP) is 3.88. The van der Waals surface area contributed by atoms with Crippen molar-refractivity contribution in [3.05, 3.63) is 34.5 Å². The van der Waals surface area contributed by atoms with Crippen LogP contribution in [-0.4, -0.2) is 24.2 Å². The van der Waals surface area contributed by atoms with E-state index in [0.717, 1.165) is 28.5 Å². The maximum Gasteiger partial charge on any atom is 0.261 e. The molecule has 0 fully saturated rings. The van der Waals surface area contributed by atoms with Gasteiger partial charge in [-0.3, -0.25) is 4.79 Å². The van der Waals surface area contributed by atoms with Gasteiger partial charge >= 0.3 is 0 Å². The van der Waals surface area contributed by atoms with Gasteiger partial charge in [0.05, 0.1) is 4.88 Å². The summed E-state index contributed by atoms with van der Waals surface area (Å²) in [6.45, 7) is 6.56. The van der Waals surface area contributed by atoms with Crippen LogP contribution in [0.2, 0.25) is 0 Å². The second kappa shape index (κ2) is 6.75. The Balaban J connectivity index is 2.00. The Morgan fingerprint density at radius 3 is 2.82 bits per heavy atom. The number of amides is 1. The van der Waals surface area contributed by atoms with Crippen molar-refractivity contribution in [3.8, 4) is 0 Å². The Labute approximate surface area is 134 Å². The zero-order valence-corrected chi connectivity index (χ0v) is 14.0. The summed E-state index contributed by atoms with van der Waals surface area (Å²) in [5.41, 5.74) is 0.711. The fourth-order valence-electron chi connectivity index (χ4n) is 2.34. The number of carbonyl (C=O) groups excluding carboxylic acids is 1. The molecule has 0 aliphatic heterocycles. The van der Waals surface area contributed by atoms with E-state index in [9.17, 15) is 14.3 Å². The number of thiophene rings is 1. The number of fused-ring (bicyclic) bond motifs is 1. The van der Waals surface area contributed by atoms with E-state index < -0.39 is 0 Å². The fraction of sp³-hybridized carbons (Fsp3) is 0.471. The summed E-state index contributed by atoms with van der Waals surface area (Å²) < 4.78 is 14.2. The number of aliphatic hydroxyl groups is 1. The van der Waals surface area contributed by atoms with E-state index in [2.05, 4.69) is 5.32 Å². The van der Waals surface area contributed by atoms with Crippen molar-refractivity contribution >= 4 is 27.3 Å². The lowest BCUT2D eigenvalue weighted by Crippen LogP contribution is -2.26. The molecule has 0 saturated carbocycles. The van der Waals surface area contributed by atoms with Gasteiger partial charge in [-0.05, 0) is 54.3 Å². The highest BCUT2D eigenvalue weighted by Gasteiger charge is 2.17. The number of nitrogens with one attached hydrogen (secondary N) is 1. The summed E-state index contributed by atoms with van der Waals surface area (Å²) in [4.78, 5) is 12.9. The molecule has 0 radical (unpaired) electrons. The maximum atomic E-state index is 13.3. The van der Waals surface area contributed by atoms with Crippen LogP contribution in [0.25, 0.3) is 10.1 Å². The van der Waals surface area contributed by atoms with Gasteiger partial charge in [0.25, 0.3) is 5.91 Å². The Hall–Kier alpha value is -1.46. The van der Waals surface area contributed by atoms with E-state index in [1.54, 1.807) is 6.07 Å². The van der Waals surface area contributed by atoms with Crippen molar-refractivity contribution in [1.82, 2.24) is 5.32 Å². The van der Waals surface area contributed by atoms with Crippen LogP contribution in [0.4, 0.5) is 4.39 Å². The first kappa shape index (κ1) is 16.9. The molecule has 0 atom stereocenters. The first-order chi connectivity index (χ1) is 10.3. The van der Waals surface area contributed by atoms with Gasteiger partial charge in [0, 0.05) is 17.9 Å². The second-order valence-electron chi connectivity index (χ2n) is 6.38. The third-order valence-corrected chi connectivity index (χ3v) is 5.12. The Morgan fingerprint density at radius 1 is 1.41 bits per heavy atom. The van der Waals surface area contributed by atoms with Crippen molar-refractivity contribution in [3.63, 3.8) is 0 Å².